The third-order valence-corrected chi connectivity index (χ3v) is 5.98. The van der Waals surface area contributed by atoms with E-state index in [1.54, 1.807) is 18.3 Å². The molecule has 1 atom stereocenters. The summed E-state index contributed by atoms with van der Waals surface area (Å²) in [4.78, 5) is 30.8. The number of amides is 2. The van der Waals surface area contributed by atoms with Crippen molar-refractivity contribution < 1.29 is 19.1 Å². The predicted molar refractivity (Wildman–Crippen MR) is 114 cm³/mol. The Balaban J connectivity index is 0.00000218. The minimum atomic E-state index is -0.456. The molecule has 0 unspecified atom stereocenters. The van der Waals surface area contributed by atoms with Gasteiger partial charge in [-0.1, -0.05) is 19.0 Å². The monoisotopic (exact) mass is 446 g/mol. The molecule has 3 aromatic rings. The van der Waals surface area contributed by atoms with Crippen LogP contribution in [0.4, 0.5) is 10.5 Å². The second-order valence-electron chi connectivity index (χ2n) is 6.58. The van der Waals surface area contributed by atoms with Crippen LogP contribution in [0.15, 0.2) is 42.7 Å². The van der Waals surface area contributed by atoms with Gasteiger partial charge >= 0.3 is 6.09 Å². The second kappa shape index (κ2) is 8.00. The lowest BCUT2D eigenvalue weighted by Gasteiger charge is -2.22. The number of anilines is 1. The highest BCUT2D eigenvalue weighted by atomic mass is 35.5. The largest absolute Gasteiger partial charge is 0.483 e. The molecular formula is C20H19ClN4O4S. The van der Waals surface area contributed by atoms with Crippen LogP contribution in [0.2, 0.25) is 4.34 Å². The van der Waals surface area contributed by atoms with Gasteiger partial charge in [-0.3, -0.25) is 14.3 Å². The molecule has 0 bridgehead atoms. The molecule has 0 aliphatic carbocycles. The predicted octanol–water partition coefficient (Wildman–Crippen LogP) is 3.87. The molecule has 0 spiro atoms. The van der Waals surface area contributed by atoms with E-state index >= 15 is 0 Å². The fourth-order valence-electron chi connectivity index (χ4n) is 3.36. The van der Waals surface area contributed by atoms with Gasteiger partial charge in [0.25, 0.3) is 5.91 Å². The van der Waals surface area contributed by atoms with E-state index in [-0.39, 0.29) is 19.9 Å². The molecule has 2 amide bonds. The van der Waals surface area contributed by atoms with Gasteiger partial charge in [0.1, 0.15) is 18.5 Å². The van der Waals surface area contributed by atoms with Gasteiger partial charge in [0.05, 0.1) is 33.7 Å². The maximum absolute atomic E-state index is 12.3. The number of benzene rings is 1. The molecule has 1 N–H and O–H groups in total. The Morgan fingerprint density at radius 1 is 1.33 bits per heavy atom. The van der Waals surface area contributed by atoms with E-state index in [0.29, 0.717) is 33.8 Å². The van der Waals surface area contributed by atoms with E-state index in [0.717, 1.165) is 11.5 Å². The third kappa shape index (κ3) is 3.61. The van der Waals surface area contributed by atoms with Crippen molar-refractivity contribution in [3.63, 3.8) is 0 Å². The van der Waals surface area contributed by atoms with Crippen LogP contribution >= 0.6 is 22.9 Å². The van der Waals surface area contributed by atoms with Crippen LogP contribution in [0, 0.1) is 0 Å². The summed E-state index contributed by atoms with van der Waals surface area (Å²) >= 11 is 7.06. The molecule has 2 aromatic heterocycles. The van der Waals surface area contributed by atoms with Crippen molar-refractivity contribution in [2.75, 3.05) is 18.0 Å². The smallest absolute Gasteiger partial charge is 0.414 e. The van der Waals surface area contributed by atoms with Crippen molar-refractivity contribution in [2.45, 2.75) is 20.1 Å². The molecule has 2 aliphatic heterocycles. The number of carbonyl (C=O) groups excluding carboxylic acids is 2. The zero-order chi connectivity index (χ0) is 20.0. The molecule has 1 aromatic carbocycles. The Morgan fingerprint density at radius 3 is 3.00 bits per heavy atom. The summed E-state index contributed by atoms with van der Waals surface area (Å²) in [7, 11) is 0. The number of imidazole rings is 1. The van der Waals surface area contributed by atoms with Gasteiger partial charge in [0.2, 0.25) is 0 Å². The fourth-order valence-corrected chi connectivity index (χ4v) is 4.32. The molecule has 1 saturated heterocycles. The summed E-state index contributed by atoms with van der Waals surface area (Å²) < 4.78 is 13.7. The highest BCUT2D eigenvalue weighted by molar-refractivity contribution is 7.18. The van der Waals surface area contributed by atoms with Crippen molar-refractivity contribution in [1.29, 1.82) is 0 Å². The number of hydrogen-bond donors (Lipinski definition) is 1. The number of nitrogens with zero attached hydrogens (tertiary/aromatic N) is 3. The summed E-state index contributed by atoms with van der Waals surface area (Å²) in [5.74, 6) is 1.26. The number of nitrogens with one attached hydrogen (secondary N) is 1. The molecule has 5 rings (SSSR count). The van der Waals surface area contributed by atoms with Crippen LogP contribution in [0.25, 0.3) is 5.69 Å². The molecule has 30 heavy (non-hydrogen) atoms. The molecule has 10 heteroatoms. The van der Waals surface area contributed by atoms with Crippen LogP contribution in [0.3, 0.4) is 0 Å². The van der Waals surface area contributed by atoms with Crippen molar-refractivity contribution in [2.24, 2.45) is 0 Å². The molecular weight excluding hydrogens is 428 g/mol. The summed E-state index contributed by atoms with van der Waals surface area (Å²) in [6.45, 7) is 0.922. The number of ether oxygens (including phenoxy) is 2. The highest BCUT2D eigenvalue weighted by Gasteiger charge is 2.33. The van der Waals surface area contributed by atoms with Crippen LogP contribution in [0.1, 0.15) is 22.9 Å². The minimum absolute atomic E-state index is 0. The Hall–Kier alpha value is -3.04. The van der Waals surface area contributed by atoms with Gasteiger partial charge in [-0.05, 0) is 24.3 Å². The lowest BCUT2D eigenvalue weighted by molar-refractivity contribution is 0.0920. The number of cyclic esters (lactones) is 1. The number of aromatic nitrogens is 2. The first-order valence-electron chi connectivity index (χ1n) is 8.89. The van der Waals surface area contributed by atoms with Crippen molar-refractivity contribution in [3.8, 4) is 11.4 Å². The minimum Gasteiger partial charge on any atom is -0.483 e. The molecule has 8 nitrogen and oxygen atoms in total. The molecule has 156 valence electrons. The molecule has 1 fully saturated rings. The standard InChI is InChI=1S/C19H15ClN4O4S.CH4/c20-16-4-3-15(29-16)18(25)22-8-12-9-24(19(26)28-12)11-1-2-13-14(7-11)27-10-17-21-5-6-23(13)17;/h1-7,12H,8-10H2,(H,22,25);1H4/t12-;/m0./s1. The maximum atomic E-state index is 12.3. The van der Waals surface area contributed by atoms with Gasteiger partial charge in [-0.15, -0.1) is 11.3 Å². The summed E-state index contributed by atoms with van der Waals surface area (Å²) in [6.07, 6.45) is 2.70. The average molecular weight is 447 g/mol. The number of rotatable bonds is 4. The Labute approximate surface area is 182 Å². The number of hydrogen-bond acceptors (Lipinski definition) is 6. The highest BCUT2D eigenvalue weighted by Crippen LogP contribution is 2.34. The normalized spacial score (nSPS) is 16.8. The summed E-state index contributed by atoms with van der Waals surface area (Å²) in [6, 6.07) is 8.87. The van der Waals surface area contributed by atoms with Crippen LogP contribution in [-0.4, -0.2) is 40.7 Å². The first kappa shape index (κ1) is 20.2. The summed E-state index contributed by atoms with van der Waals surface area (Å²) in [5.41, 5.74) is 1.55. The van der Waals surface area contributed by atoms with Gasteiger partial charge < -0.3 is 14.8 Å². The molecule has 4 heterocycles. The fraction of sp³-hybridized carbons (Fsp3) is 0.250. The lowest BCUT2D eigenvalue weighted by atomic mass is 10.2. The number of halogens is 1. The summed E-state index contributed by atoms with van der Waals surface area (Å²) in [5, 5.41) is 2.78. The molecule has 2 aliphatic rings. The molecule has 0 radical (unpaired) electrons. The van der Waals surface area contributed by atoms with E-state index in [1.165, 1.54) is 16.2 Å². The SMILES string of the molecule is C.O=C(NC[C@H]1CN(c2ccc3c(c2)OCc2nccn2-3)C(=O)O1)c1ccc(Cl)s1. The third-order valence-electron chi connectivity index (χ3n) is 4.75. The molecule has 0 saturated carbocycles. The Bertz CT molecular complexity index is 1110. The van der Waals surface area contributed by atoms with Crippen LogP contribution in [-0.2, 0) is 11.3 Å². The van der Waals surface area contributed by atoms with Crippen molar-refractivity contribution >= 4 is 40.6 Å². The van der Waals surface area contributed by atoms with Gasteiger partial charge in [-0.2, -0.15) is 0 Å². The number of carbonyl (C=O) groups is 2. The van der Waals surface area contributed by atoms with E-state index in [4.69, 9.17) is 21.1 Å². The first-order valence-corrected chi connectivity index (χ1v) is 10.1. The first-order chi connectivity index (χ1) is 14.1. The Morgan fingerprint density at radius 2 is 2.20 bits per heavy atom. The van der Waals surface area contributed by atoms with Crippen molar-refractivity contribution in [3.05, 3.63) is 57.8 Å². The second-order valence-corrected chi connectivity index (χ2v) is 8.30. The topological polar surface area (TPSA) is 85.7 Å². The van der Waals surface area contributed by atoms with E-state index in [1.807, 2.05) is 29.0 Å². The van der Waals surface area contributed by atoms with Crippen LogP contribution < -0.4 is 15.0 Å². The van der Waals surface area contributed by atoms with E-state index in [2.05, 4.69) is 10.3 Å². The number of thiophene rings is 1. The van der Waals surface area contributed by atoms with Crippen molar-refractivity contribution in [1.82, 2.24) is 14.9 Å². The lowest BCUT2D eigenvalue weighted by Crippen LogP contribution is -2.34. The van der Waals surface area contributed by atoms with Gasteiger partial charge in [0.15, 0.2) is 5.82 Å². The van der Waals surface area contributed by atoms with Gasteiger partial charge in [-0.25, -0.2) is 9.78 Å². The Kier molecular flexibility index (Phi) is 5.40. The maximum Gasteiger partial charge on any atom is 0.414 e. The zero-order valence-electron chi connectivity index (χ0n) is 15.0. The quantitative estimate of drug-likeness (QED) is 0.657. The van der Waals surface area contributed by atoms with Gasteiger partial charge in [0, 0.05) is 18.5 Å². The van der Waals surface area contributed by atoms with Crippen LogP contribution in [0.5, 0.6) is 5.75 Å². The average Bonchev–Trinajstić information content (AvgIpc) is 3.45. The number of fused-ring (bicyclic) bond motifs is 3. The van der Waals surface area contributed by atoms with E-state index in [9.17, 15) is 9.59 Å². The van der Waals surface area contributed by atoms with E-state index < -0.39 is 12.2 Å². The zero-order valence-corrected chi connectivity index (χ0v) is 16.6.